The van der Waals surface area contributed by atoms with Gasteiger partial charge in [-0.3, -0.25) is 4.79 Å². The fraction of sp³-hybridized carbons (Fsp3) is 0.133. The van der Waals surface area contributed by atoms with E-state index in [-0.39, 0.29) is 10.8 Å². The van der Waals surface area contributed by atoms with Crippen LogP contribution in [0.2, 0.25) is 0 Å². The molecule has 134 valence electrons. The van der Waals surface area contributed by atoms with Gasteiger partial charge in [0.2, 0.25) is 10.0 Å². The van der Waals surface area contributed by atoms with Gasteiger partial charge < -0.3 is 5.32 Å². The van der Waals surface area contributed by atoms with E-state index in [4.69, 9.17) is 0 Å². The van der Waals surface area contributed by atoms with Crippen LogP contribution in [-0.4, -0.2) is 27.0 Å². The molecule has 0 atom stereocenters. The van der Waals surface area contributed by atoms with Gasteiger partial charge in [-0.1, -0.05) is 6.07 Å². The number of benzene rings is 2. The Morgan fingerprint density at radius 1 is 1.08 bits per heavy atom. The Labute approximate surface area is 155 Å². The zero-order chi connectivity index (χ0) is 18.7. The number of halogens is 4. The van der Waals surface area contributed by atoms with Crippen molar-refractivity contribution in [2.24, 2.45) is 0 Å². The van der Waals surface area contributed by atoms with E-state index in [1.807, 2.05) is 6.07 Å². The number of anilines is 1. The third-order valence-corrected chi connectivity index (χ3v) is 5.06. The van der Waals surface area contributed by atoms with E-state index in [2.05, 4.69) is 27.9 Å². The van der Waals surface area contributed by atoms with Crippen molar-refractivity contribution in [3.63, 3.8) is 0 Å². The average Bonchev–Trinajstić information content (AvgIpc) is 2.53. The van der Waals surface area contributed by atoms with Gasteiger partial charge in [-0.2, -0.15) is 13.2 Å². The van der Waals surface area contributed by atoms with Gasteiger partial charge in [0.05, 0.1) is 4.90 Å². The molecule has 0 fully saturated rings. The Balaban J connectivity index is 2.08. The van der Waals surface area contributed by atoms with Crippen molar-refractivity contribution >= 4 is 44.2 Å². The van der Waals surface area contributed by atoms with Crippen molar-refractivity contribution in [1.82, 2.24) is 4.72 Å². The molecule has 2 rings (SSSR count). The number of hydrogen-bond acceptors (Lipinski definition) is 3. The van der Waals surface area contributed by atoms with E-state index in [0.29, 0.717) is 11.3 Å². The fourth-order valence-electron chi connectivity index (χ4n) is 1.81. The monoisotopic (exact) mass is 484 g/mol. The van der Waals surface area contributed by atoms with Crippen LogP contribution in [-0.2, 0) is 10.0 Å². The average molecular weight is 484 g/mol. The van der Waals surface area contributed by atoms with Crippen molar-refractivity contribution in [1.29, 1.82) is 0 Å². The number of amides is 1. The van der Waals surface area contributed by atoms with Crippen molar-refractivity contribution in [3.8, 4) is 0 Å². The van der Waals surface area contributed by atoms with Crippen LogP contribution in [0.5, 0.6) is 0 Å². The fourth-order valence-corrected chi connectivity index (χ4v) is 3.37. The first-order valence-electron chi connectivity index (χ1n) is 6.80. The number of rotatable bonds is 5. The van der Waals surface area contributed by atoms with Crippen molar-refractivity contribution in [2.75, 3.05) is 11.9 Å². The summed E-state index contributed by atoms with van der Waals surface area (Å²) in [5.41, 5.74) is 0.745. The first kappa shape index (κ1) is 19.7. The number of hydrogen-bond donors (Lipinski definition) is 2. The van der Waals surface area contributed by atoms with Crippen LogP contribution in [0.1, 0.15) is 10.4 Å². The predicted molar refractivity (Wildman–Crippen MR) is 94.8 cm³/mol. The standard InChI is InChI=1S/C15H12F3IN2O3S/c16-15(17,18)9-20-25(23,24)13-6-4-12(5-7-13)21-14(22)10-2-1-3-11(19)8-10/h1-8,20H,9H2,(H,21,22). The summed E-state index contributed by atoms with van der Waals surface area (Å²) in [5, 5.41) is 2.58. The number of nitrogens with one attached hydrogen (secondary N) is 2. The molecular formula is C15H12F3IN2O3S. The van der Waals surface area contributed by atoms with Crippen LogP contribution in [0.15, 0.2) is 53.4 Å². The molecule has 10 heteroatoms. The number of alkyl halides is 3. The van der Waals surface area contributed by atoms with Gasteiger partial charge in [0.1, 0.15) is 6.54 Å². The van der Waals surface area contributed by atoms with Crippen LogP contribution in [0.4, 0.5) is 18.9 Å². The lowest BCUT2D eigenvalue weighted by Crippen LogP contribution is -2.33. The van der Waals surface area contributed by atoms with E-state index < -0.39 is 22.7 Å². The number of carbonyl (C=O) groups is 1. The zero-order valence-electron chi connectivity index (χ0n) is 12.5. The summed E-state index contributed by atoms with van der Waals surface area (Å²) in [7, 11) is -4.28. The highest BCUT2D eigenvalue weighted by molar-refractivity contribution is 14.1. The molecule has 0 unspecified atom stereocenters. The number of carbonyl (C=O) groups excluding carboxylic acids is 1. The molecule has 0 heterocycles. The van der Waals surface area contributed by atoms with Gasteiger partial charge in [0.15, 0.2) is 0 Å². The summed E-state index contributed by atoms with van der Waals surface area (Å²) < 4.78 is 62.3. The molecular weight excluding hydrogens is 472 g/mol. The maximum Gasteiger partial charge on any atom is 0.402 e. The second-order valence-corrected chi connectivity index (χ2v) is 7.94. The van der Waals surface area contributed by atoms with E-state index in [9.17, 15) is 26.4 Å². The minimum Gasteiger partial charge on any atom is -0.322 e. The molecule has 0 aliphatic rings. The quantitative estimate of drug-likeness (QED) is 0.640. The Kier molecular flexibility index (Phi) is 6.06. The second-order valence-electron chi connectivity index (χ2n) is 4.93. The number of sulfonamides is 1. The highest BCUT2D eigenvalue weighted by Gasteiger charge is 2.30. The molecule has 0 bridgehead atoms. The topological polar surface area (TPSA) is 75.3 Å². The summed E-state index contributed by atoms with van der Waals surface area (Å²) in [4.78, 5) is 11.8. The molecule has 5 nitrogen and oxygen atoms in total. The van der Waals surface area contributed by atoms with Gasteiger partial charge in [0, 0.05) is 14.8 Å². The zero-order valence-corrected chi connectivity index (χ0v) is 15.4. The summed E-state index contributed by atoms with van der Waals surface area (Å²) >= 11 is 2.06. The van der Waals surface area contributed by atoms with Gasteiger partial charge in [-0.25, -0.2) is 13.1 Å². The Bertz CT molecular complexity index is 868. The normalized spacial score (nSPS) is 12.0. The van der Waals surface area contributed by atoms with E-state index in [1.165, 1.54) is 16.9 Å². The van der Waals surface area contributed by atoms with E-state index in [1.54, 1.807) is 18.2 Å². The molecule has 0 saturated heterocycles. The van der Waals surface area contributed by atoms with Crippen molar-refractivity contribution < 1.29 is 26.4 Å². The molecule has 2 N–H and O–H groups in total. The largest absolute Gasteiger partial charge is 0.402 e. The van der Waals surface area contributed by atoms with E-state index >= 15 is 0 Å². The maximum absolute atomic E-state index is 12.1. The molecule has 1 amide bonds. The lowest BCUT2D eigenvalue weighted by molar-refractivity contribution is -0.121. The Morgan fingerprint density at radius 3 is 2.28 bits per heavy atom. The van der Waals surface area contributed by atoms with E-state index in [0.717, 1.165) is 15.7 Å². The SMILES string of the molecule is O=C(Nc1ccc(S(=O)(=O)NCC(F)(F)F)cc1)c1cccc(I)c1. The lowest BCUT2D eigenvalue weighted by atomic mass is 10.2. The second kappa shape index (κ2) is 7.70. The molecule has 0 radical (unpaired) electrons. The van der Waals surface area contributed by atoms with Gasteiger partial charge in [-0.15, -0.1) is 0 Å². The molecule has 2 aromatic carbocycles. The Morgan fingerprint density at radius 2 is 1.72 bits per heavy atom. The molecule has 2 aromatic rings. The highest BCUT2D eigenvalue weighted by Crippen LogP contribution is 2.18. The molecule has 0 aliphatic carbocycles. The third-order valence-electron chi connectivity index (χ3n) is 2.97. The van der Waals surface area contributed by atoms with Gasteiger partial charge in [-0.05, 0) is 65.1 Å². The summed E-state index contributed by atoms with van der Waals surface area (Å²) in [5.74, 6) is -0.385. The summed E-state index contributed by atoms with van der Waals surface area (Å²) in [6, 6.07) is 11.7. The van der Waals surface area contributed by atoms with Gasteiger partial charge in [0.25, 0.3) is 5.91 Å². The maximum atomic E-state index is 12.1. The van der Waals surface area contributed by atoms with Crippen LogP contribution >= 0.6 is 22.6 Å². The summed E-state index contributed by atoms with van der Waals surface area (Å²) in [6.45, 7) is -1.65. The minimum absolute atomic E-state index is 0.318. The first-order valence-corrected chi connectivity index (χ1v) is 9.36. The lowest BCUT2D eigenvalue weighted by Gasteiger charge is -2.10. The minimum atomic E-state index is -4.64. The molecule has 0 saturated carbocycles. The predicted octanol–water partition coefficient (Wildman–Crippen LogP) is 3.38. The highest BCUT2D eigenvalue weighted by atomic mass is 127. The molecule has 0 spiro atoms. The molecule has 25 heavy (non-hydrogen) atoms. The summed E-state index contributed by atoms with van der Waals surface area (Å²) in [6.07, 6.45) is -4.64. The molecule has 0 aliphatic heterocycles. The third kappa shape index (κ3) is 5.97. The first-order chi connectivity index (χ1) is 11.6. The van der Waals surface area contributed by atoms with Crippen LogP contribution < -0.4 is 10.0 Å². The van der Waals surface area contributed by atoms with Crippen LogP contribution in [0, 0.1) is 3.57 Å². The van der Waals surface area contributed by atoms with Crippen LogP contribution in [0.3, 0.4) is 0 Å². The van der Waals surface area contributed by atoms with Crippen molar-refractivity contribution in [3.05, 3.63) is 57.7 Å². The molecule has 0 aromatic heterocycles. The van der Waals surface area contributed by atoms with Gasteiger partial charge >= 0.3 is 6.18 Å². The Hall–Kier alpha value is -1.66. The van der Waals surface area contributed by atoms with Crippen LogP contribution in [0.25, 0.3) is 0 Å². The smallest absolute Gasteiger partial charge is 0.322 e. The van der Waals surface area contributed by atoms with Crippen molar-refractivity contribution in [2.45, 2.75) is 11.1 Å².